The van der Waals surface area contributed by atoms with Gasteiger partial charge in [0.25, 0.3) is 5.91 Å². The van der Waals surface area contributed by atoms with Crippen LogP contribution >= 0.6 is 0 Å². The van der Waals surface area contributed by atoms with E-state index >= 15 is 0 Å². The van der Waals surface area contributed by atoms with Crippen molar-refractivity contribution < 1.29 is 28.6 Å². The van der Waals surface area contributed by atoms with E-state index in [0.29, 0.717) is 25.9 Å². The van der Waals surface area contributed by atoms with Gasteiger partial charge in [0.05, 0.1) is 18.6 Å². The third-order valence-corrected chi connectivity index (χ3v) is 5.68. The van der Waals surface area contributed by atoms with E-state index in [1.807, 2.05) is 0 Å². The molecule has 140 valence electrons. The number of carbonyl (C=O) groups excluding carboxylic acids is 2. The topological polar surface area (TPSA) is 87.1 Å². The highest BCUT2D eigenvalue weighted by Crippen LogP contribution is 2.43. The number of piperidine rings is 1. The van der Waals surface area contributed by atoms with Crippen LogP contribution < -0.4 is 4.74 Å². The highest BCUT2D eigenvalue weighted by molar-refractivity contribution is 5.94. The normalized spacial score (nSPS) is 22.0. The first-order valence-electron chi connectivity index (χ1n) is 8.42. The molecule has 1 aromatic rings. The number of carboxylic acid groups (broad SMARTS) is 1. The number of benzene rings is 1. The van der Waals surface area contributed by atoms with Crippen molar-refractivity contribution in [3.8, 4) is 5.75 Å². The Morgan fingerprint density at radius 3 is 2.50 bits per heavy atom. The van der Waals surface area contributed by atoms with E-state index in [2.05, 4.69) is 0 Å². The molecule has 3 rings (SSSR count). The van der Waals surface area contributed by atoms with Crippen LogP contribution in [-0.2, 0) is 9.59 Å². The lowest BCUT2D eigenvalue weighted by Crippen LogP contribution is -2.56. The highest BCUT2D eigenvalue weighted by atomic mass is 19.1. The number of nitrogens with zero attached hydrogens (tertiary/aromatic N) is 2. The summed E-state index contributed by atoms with van der Waals surface area (Å²) in [7, 11) is 2.98. The smallest absolute Gasteiger partial charge is 0.309 e. The maximum atomic E-state index is 13.8. The van der Waals surface area contributed by atoms with Crippen molar-refractivity contribution in [3.05, 3.63) is 29.6 Å². The summed E-state index contributed by atoms with van der Waals surface area (Å²) in [4.78, 5) is 39.4. The van der Waals surface area contributed by atoms with Gasteiger partial charge in [0.15, 0.2) is 11.6 Å². The standard InChI is InChI=1S/C18H21FN2O5/c1-20-15(22)10-12(17(24)25)18(20)5-7-21(8-6-18)16(23)11-3-4-14(26-2)13(19)9-11/h3-4,9,12H,5-8,10H2,1-2H3,(H,24,25)/t12-/m1/s1. The number of likely N-dealkylation sites (tertiary alicyclic amines) is 2. The van der Waals surface area contributed by atoms with Crippen molar-refractivity contribution in [2.75, 3.05) is 27.2 Å². The Bertz CT molecular complexity index is 758. The van der Waals surface area contributed by atoms with E-state index in [4.69, 9.17) is 4.74 Å². The van der Waals surface area contributed by atoms with Gasteiger partial charge < -0.3 is 19.6 Å². The maximum absolute atomic E-state index is 13.8. The van der Waals surface area contributed by atoms with Gasteiger partial charge in [-0.3, -0.25) is 14.4 Å². The van der Waals surface area contributed by atoms with Gasteiger partial charge in [-0.25, -0.2) is 4.39 Å². The molecule has 0 radical (unpaired) electrons. The van der Waals surface area contributed by atoms with Crippen molar-refractivity contribution in [1.29, 1.82) is 0 Å². The lowest BCUT2D eigenvalue weighted by Gasteiger charge is -2.45. The summed E-state index contributed by atoms with van der Waals surface area (Å²) in [5.74, 6) is -2.81. The number of ether oxygens (including phenoxy) is 1. The van der Waals surface area contributed by atoms with Crippen LogP contribution in [0.3, 0.4) is 0 Å². The van der Waals surface area contributed by atoms with Crippen LogP contribution in [0.1, 0.15) is 29.6 Å². The summed E-state index contributed by atoms with van der Waals surface area (Å²) in [5, 5.41) is 9.49. The van der Waals surface area contributed by atoms with Crippen molar-refractivity contribution >= 4 is 17.8 Å². The predicted octanol–water partition coefficient (Wildman–Crippen LogP) is 1.37. The van der Waals surface area contributed by atoms with Gasteiger partial charge in [0, 0.05) is 32.1 Å². The first-order chi connectivity index (χ1) is 12.3. The number of hydrogen-bond acceptors (Lipinski definition) is 4. The average molecular weight is 364 g/mol. The van der Waals surface area contributed by atoms with Gasteiger partial charge in [-0.05, 0) is 31.0 Å². The van der Waals surface area contributed by atoms with Crippen molar-refractivity contribution in [2.45, 2.75) is 24.8 Å². The first kappa shape index (κ1) is 18.2. The Morgan fingerprint density at radius 1 is 1.31 bits per heavy atom. The summed E-state index contributed by atoms with van der Waals surface area (Å²) in [5.41, 5.74) is -0.546. The van der Waals surface area contributed by atoms with Gasteiger partial charge in [0.2, 0.25) is 5.91 Å². The third kappa shape index (κ3) is 2.79. The molecule has 2 amide bonds. The average Bonchev–Trinajstić information content (AvgIpc) is 2.87. The molecule has 0 aliphatic carbocycles. The summed E-state index contributed by atoms with van der Waals surface area (Å²) >= 11 is 0. The first-order valence-corrected chi connectivity index (χ1v) is 8.42. The quantitative estimate of drug-likeness (QED) is 0.875. The Morgan fingerprint density at radius 2 is 1.96 bits per heavy atom. The molecule has 2 aliphatic heterocycles. The van der Waals surface area contributed by atoms with E-state index in [1.165, 1.54) is 24.1 Å². The summed E-state index contributed by atoms with van der Waals surface area (Å²) in [6.07, 6.45) is 0.761. The fraction of sp³-hybridized carbons (Fsp3) is 0.500. The second-order valence-corrected chi connectivity index (χ2v) is 6.79. The Kier molecular flexibility index (Phi) is 4.60. The summed E-state index contributed by atoms with van der Waals surface area (Å²) in [6.45, 7) is 0.627. The van der Waals surface area contributed by atoms with E-state index in [9.17, 15) is 23.9 Å². The maximum Gasteiger partial charge on any atom is 0.309 e. The molecule has 1 N–H and O–H groups in total. The Hall–Kier alpha value is -2.64. The SMILES string of the molecule is COc1ccc(C(=O)N2CCC3(CC2)[C@@H](C(=O)O)CC(=O)N3C)cc1F. The summed E-state index contributed by atoms with van der Waals surface area (Å²) in [6, 6.07) is 4.04. The largest absolute Gasteiger partial charge is 0.494 e. The van der Waals surface area contributed by atoms with Crippen LogP contribution in [0.5, 0.6) is 5.75 Å². The number of methoxy groups -OCH3 is 1. The van der Waals surface area contributed by atoms with Crippen molar-refractivity contribution in [2.24, 2.45) is 5.92 Å². The van der Waals surface area contributed by atoms with Crippen LogP contribution in [0.25, 0.3) is 0 Å². The Labute approximate surface area is 150 Å². The number of carbonyl (C=O) groups is 3. The van der Waals surface area contributed by atoms with Gasteiger partial charge >= 0.3 is 5.97 Å². The number of amides is 2. The van der Waals surface area contributed by atoms with Gasteiger partial charge in [-0.1, -0.05) is 0 Å². The van der Waals surface area contributed by atoms with Crippen LogP contribution in [0, 0.1) is 11.7 Å². The van der Waals surface area contributed by atoms with Gasteiger partial charge in [-0.15, -0.1) is 0 Å². The number of hydrogen-bond donors (Lipinski definition) is 1. The molecule has 2 aliphatic rings. The second-order valence-electron chi connectivity index (χ2n) is 6.79. The molecule has 0 bridgehead atoms. The van der Waals surface area contributed by atoms with Crippen molar-refractivity contribution in [1.82, 2.24) is 9.80 Å². The Balaban J connectivity index is 1.75. The molecule has 1 atom stereocenters. The minimum Gasteiger partial charge on any atom is -0.494 e. The van der Waals surface area contributed by atoms with E-state index in [1.54, 1.807) is 11.9 Å². The third-order valence-electron chi connectivity index (χ3n) is 5.68. The molecule has 0 saturated carbocycles. The molecule has 8 heteroatoms. The highest BCUT2D eigenvalue weighted by Gasteiger charge is 2.55. The monoisotopic (exact) mass is 364 g/mol. The lowest BCUT2D eigenvalue weighted by molar-refractivity contribution is -0.145. The van der Waals surface area contributed by atoms with E-state index in [0.717, 1.165) is 6.07 Å². The predicted molar refractivity (Wildman–Crippen MR) is 89.3 cm³/mol. The number of carboxylic acids is 1. The molecule has 2 saturated heterocycles. The number of aliphatic carboxylic acids is 1. The van der Waals surface area contributed by atoms with Crippen LogP contribution in [0.2, 0.25) is 0 Å². The zero-order valence-corrected chi connectivity index (χ0v) is 14.7. The molecule has 2 fully saturated rings. The molecule has 7 nitrogen and oxygen atoms in total. The van der Waals surface area contributed by atoms with Crippen LogP contribution in [0.4, 0.5) is 4.39 Å². The molecule has 2 heterocycles. The second kappa shape index (κ2) is 6.59. The molecule has 0 aromatic heterocycles. The van der Waals surface area contributed by atoms with E-state index < -0.39 is 23.2 Å². The molecule has 26 heavy (non-hydrogen) atoms. The molecule has 1 spiro atoms. The molecule has 1 aromatic carbocycles. The molecular weight excluding hydrogens is 343 g/mol. The number of halogens is 1. The fourth-order valence-corrected chi connectivity index (χ4v) is 4.06. The van der Waals surface area contributed by atoms with Crippen molar-refractivity contribution in [3.63, 3.8) is 0 Å². The molecular formula is C18H21FN2O5. The zero-order valence-electron chi connectivity index (χ0n) is 14.7. The number of rotatable bonds is 3. The summed E-state index contributed by atoms with van der Waals surface area (Å²) < 4.78 is 18.7. The van der Waals surface area contributed by atoms with Crippen LogP contribution in [-0.4, -0.2) is 65.5 Å². The lowest BCUT2D eigenvalue weighted by atomic mass is 9.77. The fourth-order valence-electron chi connectivity index (χ4n) is 4.06. The van der Waals surface area contributed by atoms with Crippen LogP contribution in [0.15, 0.2) is 18.2 Å². The van der Waals surface area contributed by atoms with Gasteiger partial charge in [0.1, 0.15) is 0 Å². The molecule has 0 unspecified atom stereocenters. The minimum absolute atomic E-state index is 0.0104. The van der Waals surface area contributed by atoms with Gasteiger partial charge in [-0.2, -0.15) is 0 Å². The van der Waals surface area contributed by atoms with E-state index in [-0.39, 0.29) is 29.5 Å². The minimum atomic E-state index is -0.986. The zero-order chi connectivity index (χ0) is 19.1.